The van der Waals surface area contributed by atoms with Crippen LogP contribution in [-0.2, 0) is 13.0 Å². The highest BCUT2D eigenvalue weighted by Gasteiger charge is 2.07. The molecule has 0 atom stereocenters. The molecule has 0 radical (unpaired) electrons. The van der Waals surface area contributed by atoms with E-state index in [-0.39, 0.29) is 0 Å². The summed E-state index contributed by atoms with van der Waals surface area (Å²) in [6.45, 7) is 3.41. The third-order valence-electron chi connectivity index (χ3n) is 4.06. The lowest BCUT2D eigenvalue weighted by atomic mass is 10.1. The van der Waals surface area contributed by atoms with Crippen molar-refractivity contribution in [2.45, 2.75) is 19.9 Å². The van der Waals surface area contributed by atoms with E-state index in [1.165, 1.54) is 11.1 Å². The van der Waals surface area contributed by atoms with Crippen LogP contribution < -0.4 is 10.6 Å². The summed E-state index contributed by atoms with van der Waals surface area (Å²) in [6, 6.07) is 11.9. The first kappa shape index (κ1) is 17.7. The lowest BCUT2D eigenvalue weighted by Gasteiger charge is -2.11. The van der Waals surface area contributed by atoms with Gasteiger partial charge in [-0.1, -0.05) is 18.2 Å². The maximum Gasteiger partial charge on any atom is 0.226 e. The molecule has 134 valence electrons. The van der Waals surface area contributed by atoms with Gasteiger partial charge < -0.3 is 15.1 Å². The van der Waals surface area contributed by atoms with E-state index in [0.29, 0.717) is 12.4 Å². The first-order valence-corrected chi connectivity index (χ1v) is 8.60. The predicted octanol–water partition coefficient (Wildman–Crippen LogP) is 2.95. The van der Waals surface area contributed by atoms with E-state index in [1.807, 2.05) is 48.8 Å². The van der Waals surface area contributed by atoms with E-state index in [9.17, 15) is 0 Å². The average molecular weight is 349 g/mol. The zero-order chi connectivity index (χ0) is 18.2. The van der Waals surface area contributed by atoms with Gasteiger partial charge in [0.05, 0.1) is 12.2 Å². The maximum absolute atomic E-state index is 5.55. The molecule has 0 spiro atoms. The van der Waals surface area contributed by atoms with E-state index in [2.05, 4.69) is 32.5 Å². The second kappa shape index (κ2) is 8.80. The summed E-state index contributed by atoms with van der Waals surface area (Å²) in [7, 11) is 1.76. The van der Waals surface area contributed by atoms with Gasteiger partial charge in [0.15, 0.2) is 5.96 Å². The maximum atomic E-state index is 5.55. The highest BCUT2D eigenvalue weighted by molar-refractivity contribution is 5.79. The van der Waals surface area contributed by atoms with Gasteiger partial charge in [-0.25, -0.2) is 4.98 Å². The standard InChI is InChI=1S/C20H23N5O/c1-15-12-22-10-8-16(15)9-11-23-20(21-2)24-13-18-14-26-19(25-18)17-6-4-3-5-7-17/h3-8,10,12,14H,9,11,13H2,1-2H3,(H2,21,23,24). The number of aryl methyl sites for hydroxylation is 1. The number of benzene rings is 1. The molecule has 0 bridgehead atoms. The smallest absolute Gasteiger partial charge is 0.226 e. The van der Waals surface area contributed by atoms with Gasteiger partial charge in [-0.3, -0.25) is 9.98 Å². The zero-order valence-electron chi connectivity index (χ0n) is 15.1. The van der Waals surface area contributed by atoms with Gasteiger partial charge in [-0.2, -0.15) is 0 Å². The Kier molecular flexibility index (Phi) is 5.98. The molecular weight excluding hydrogens is 326 g/mol. The molecule has 26 heavy (non-hydrogen) atoms. The summed E-state index contributed by atoms with van der Waals surface area (Å²) in [6.07, 6.45) is 6.29. The first-order valence-electron chi connectivity index (χ1n) is 8.60. The monoisotopic (exact) mass is 349 g/mol. The molecule has 0 aliphatic rings. The van der Waals surface area contributed by atoms with Gasteiger partial charge in [0.25, 0.3) is 0 Å². The van der Waals surface area contributed by atoms with Crippen molar-refractivity contribution in [3.05, 3.63) is 71.9 Å². The van der Waals surface area contributed by atoms with Crippen LogP contribution in [0.1, 0.15) is 16.8 Å². The van der Waals surface area contributed by atoms with Crippen LogP contribution in [0.3, 0.4) is 0 Å². The molecule has 2 aromatic heterocycles. The predicted molar refractivity (Wildman–Crippen MR) is 103 cm³/mol. The fourth-order valence-electron chi connectivity index (χ4n) is 2.59. The number of nitrogens with zero attached hydrogens (tertiary/aromatic N) is 3. The van der Waals surface area contributed by atoms with E-state index in [1.54, 1.807) is 13.3 Å². The summed E-state index contributed by atoms with van der Waals surface area (Å²) in [5.41, 5.74) is 4.28. The van der Waals surface area contributed by atoms with Crippen LogP contribution in [0, 0.1) is 6.92 Å². The van der Waals surface area contributed by atoms with Crippen molar-refractivity contribution >= 4 is 5.96 Å². The van der Waals surface area contributed by atoms with Crippen molar-refractivity contribution in [3.8, 4) is 11.5 Å². The highest BCUT2D eigenvalue weighted by atomic mass is 16.3. The normalized spacial score (nSPS) is 11.4. The minimum absolute atomic E-state index is 0.546. The number of hydrogen-bond donors (Lipinski definition) is 2. The van der Waals surface area contributed by atoms with Crippen LogP contribution in [-0.4, -0.2) is 29.5 Å². The lowest BCUT2D eigenvalue weighted by Crippen LogP contribution is -2.38. The fraction of sp³-hybridized carbons (Fsp3) is 0.250. The third kappa shape index (κ3) is 4.69. The molecule has 3 aromatic rings. The molecule has 0 saturated heterocycles. The first-order chi connectivity index (χ1) is 12.8. The Hall–Kier alpha value is -3.15. The number of oxazole rings is 1. The largest absolute Gasteiger partial charge is 0.444 e. The van der Waals surface area contributed by atoms with Gasteiger partial charge in [0.1, 0.15) is 6.26 Å². The molecule has 3 rings (SSSR count). The molecule has 0 aliphatic heterocycles. The number of rotatable bonds is 6. The molecule has 2 N–H and O–H groups in total. The summed E-state index contributed by atoms with van der Waals surface area (Å²) in [4.78, 5) is 12.9. The Bertz CT molecular complexity index is 857. The van der Waals surface area contributed by atoms with Crippen molar-refractivity contribution in [1.82, 2.24) is 20.6 Å². The van der Waals surface area contributed by atoms with Crippen molar-refractivity contribution in [1.29, 1.82) is 0 Å². The number of aliphatic imine (C=N–C) groups is 1. The van der Waals surface area contributed by atoms with Gasteiger partial charge in [0, 0.05) is 31.5 Å². The third-order valence-corrected chi connectivity index (χ3v) is 4.06. The molecule has 0 saturated carbocycles. The molecule has 0 fully saturated rings. The van der Waals surface area contributed by atoms with Gasteiger partial charge in [-0.15, -0.1) is 0 Å². The summed E-state index contributed by atoms with van der Waals surface area (Å²) < 4.78 is 5.55. The molecule has 2 heterocycles. The van der Waals surface area contributed by atoms with Crippen molar-refractivity contribution in [3.63, 3.8) is 0 Å². The zero-order valence-corrected chi connectivity index (χ0v) is 15.1. The molecule has 0 amide bonds. The van der Waals surface area contributed by atoms with E-state index < -0.39 is 0 Å². The minimum Gasteiger partial charge on any atom is -0.444 e. The molecule has 0 unspecified atom stereocenters. The van der Waals surface area contributed by atoms with Gasteiger partial charge in [-0.05, 0) is 42.7 Å². The quantitative estimate of drug-likeness (QED) is 0.529. The molecule has 6 nitrogen and oxygen atoms in total. The number of pyridine rings is 1. The topological polar surface area (TPSA) is 75.3 Å². The van der Waals surface area contributed by atoms with Gasteiger partial charge in [0.2, 0.25) is 5.89 Å². The Morgan fingerprint density at radius 1 is 1.15 bits per heavy atom. The van der Waals surface area contributed by atoms with Crippen molar-refractivity contribution in [2.24, 2.45) is 4.99 Å². The van der Waals surface area contributed by atoms with E-state index >= 15 is 0 Å². The number of nitrogens with one attached hydrogen (secondary N) is 2. The Morgan fingerprint density at radius 3 is 2.77 bits per heavy atom. The molecular formula is C20H23N5O. The molecule has 6 heteroatoms. The van der Waals surface area contributed by atoms with E-state index in [0.717, 1.165) is 30.2 Å². The lowest BCUT2D eigenvalue weighted by molar-refractivity contribution is 0.572. The Balaban J connectivity index is 1.49. The summed E-state index contributed by atoms with van der Waals surface area (Å²) in [5.74, 6) is 1.36. The molecule has 0 aliphatic carbocycles. The van der Waals surface area contributed by atoms with Crippen LogP contribution in [0.15, 0.2) is 64.5 Å². The van der Waals surface area contributed by atoms with Crippen molar-refractivity contribution < 1.29 is 4.42 Å². The van der Waals surface area contributed by atoms with Crippen LogP contribution in [0.5, 0.6) is 0 Å². The number of aromatic nitrogens is 2. The van der Waals surface area contributed by atoms with Crippen LogP contribution in [0.25, 0.3) is 11.5 Å². The fourth-order valence-corrected chi connectivity index (χ4v) is 2.59. The van der Waals surface area contributed by atoms with E-state index in [4.69, 9.17) is 4.42 Å². The minimum atomic E-state index is 0.546. The Morgan fingerprint density at radius 2 is 2.00 bits per heavy atom. The van der Waals surface area contributed by atoms with Crippen LogP contribution in [0.2, 0.25) is 0 Å². The Labute approximate surface area is 153 Å². The highest BCUT2D eigenvalue weighted by Crippen LogP contribution is 2.17. The van der Waals surface area contributed by atoms with Crippen LogP contribution >= 0.6 is 0 Å². The second-order valence-electron chi connectivity index (χ2n) is 5.91. The summed E-state index contributed by atoms with van der Waals surface area (Å²) >= 11 is 0. The average Bonchev–Trinajstić information content (AvgIpc) is 3.16. The van der Waals surface area contributed by atoms with Gasteiger partial charge >= 0.3 is 0 Å². The number of guanidine groups is 1. The second-order valence-corrected chi connectivity index (χ2v) is 5.91. The molecule has 1 aromatic carbocycles. The number of hydrogen-bond acceptors (Lipinski definition) is 4. The van der Waals surface area contributed by atoms with Crippen molar-refractivity contribution in [2.75, 3.05) is 13.6 Å². The SMILES string of the molecule is CN=C(NCCc1ccncc1C)NCc1coc(-c2ccccc2)n1. The summed E-state index contributed by atoms with van der Waals surface area (Å²) in [5, 5.41) is 6.57. The van der Waals surface area contributed by atoms with Crippen LogP contribution in [0.4, 0.5) is 0 Å².